The Hall–Kier alpha value is -1.46. The number of benzene rings is 1. The van der Waals surface area contributed by atoms with Crippen LogP contribution in [0.4, 0.5) is 11.4 Å². The molecule has 1 aliphatic rings. The molecule has 0 aliphatic carbocycles. The van der Waals surface area contributed by atoms with Gasteiger partial charge >= 0.3 is 0 Å². The summed E-state index contributed by atoms with van der Waals surface area (Å²) < 4.78 is 0. The number of piperidine rings is 1. The highest BCUT2D eigenvalue weighted by atomic mass is 35.5. The highest BCUT2D eigenvalue weighted by Gasteiger charge is 2.26. The number of anilines is 2. The van der Waals surface area contributed by atoms with Crippen molar-refractivity contribution < 1.29 is 9.59 Å². The van der Waals surface area contributed by atoms with E-state index in [-0.39, 0.29) is 42.7 Å². The topological polar surface area (TPSA) is 84.2 Å². The summed E-state index contributed by atoms with van der Waals surface area (Å²) in [5, 5.41) is 5.34. The van der Waals surface area contributed by atoms with Crippen molar-refractivity contribution in [2.75, 3.05) is 11.1 Å². The first-order valence-corrected chi connectivity index (χ1v) is 5.11. The largest absolute Gasteiger partial charge is 0.399 e. The number of hydrogen-bond donors (Lipinski definition) is 3. The minimum absolute atomic E-state index is 0. The molecule has 1 fully saturated rings. The molecule has 1 aliphatic heterocycles. The molecular weight excluding hydrogens is 277 g/mol. The third-order valence-corrected chi connectivity index (χ3v) is 2.47. The van der Waals surface area contributed by atoms with Crippen molar-refractivity contribution in [3.63, 3.8) is 0 Å². The van der Waals surface area contributed by atoms with E-state index in [1.165, 1.54) is 0 Å². The first-order chi connectivity index (χ1) is 7.65. The molecule has 0 radical (unpaired) electrons. The minimum Gasteiger partial charge on any atom is -0.399 e. The molecule has 0 spiro atoms. The third kappa shape index (κ3) is 4.09. The van der Waals surface area contributed by atoms with Crippen LogP contribution in [0, 0.1) is 0 Å². The molecular formula is C11H15Cl2N3O2. The lowest BCUT2D eigenvalue weighted by Crippen LogP contribution is -2.47. The zero-order valence-electron chi connectivity index (χ0n) is 9.51. The van der Waals surface area contributed by atoms with Gasteiger partial charge in [0.25, 0.3) is 0 Å². The second-order valence-electron chi connectivity index (χ2n) is 3.77. The highest BCUT2D eigenvalue weighted by molar-refractivity contribution is 6.01. The van der Waals surface area contributed by atoms with Gasteiger partial charge in [0, 0.05) is 17.8 Å². The molecule has 4 N–H and O–H groups in total. The summed E-state index contributed by atoms with van der Waals surface area (Å²) in [6.45, 7) is 0. The molecule has 7 heteroatoms. The zero-order valence-corrected chi connectivity index (χ0v) is 11.1. The standard InChI is InChI=1S/C11H13N3O2.2ClH/c12-7-2-1-3-8(6-7)13-9-4-5-10(15)14-11(9)16;;/h1-3,6,9,13H,4-5,12H2,(H,14,15,16);2*1H. The summed E-state index contributed by atoms with van der Waals surface area (Å²) in [4.78, 5) is 22.4. The lowest BCUT2D eigenvalue weighted by molar-refractivity contribution is -0.133. The molecule has 100 valence electrons. The van der Waals surface area contributed by atoms with Gasteiger partial charge in [0.1, 0.15) is 6.04 Å². The van der Waals surface area contributed by atoms with Gasteiger partial charge in [-0.15, -0.1) is 24.8 Å². The van der Waals surface area contributed by atoms with Crippen molar-refractivity contribution in [1.29, 1.82) is 0 Å². The maximum atomic E-state index is 11.5. The highest BCUT2D eigenvalue weighted by Crippen LogP contribution is 2.16. The Bertz CT molecular complexity index is 440. The molecule has 1 unspecified atom stereocenters. The molecule has 2 amide bonds. The Morgan fingerprint density at radius 2 is 2.00 bits per heavy atom. The predicted molar refractivity (Wildman–Crippen MR) is 75.1 cm³/mol. The third-order valence-electron chi connectivity index (χ3n) is 2.47. The van der Waals surface area contributed by atoms with Crippen LogP contribution in [-0.2, 0) is 9.59 Å². The summed E-state index contributed by atoms with van der Waals surface area (Å²) in [6.07, 6.45) is 0.880. The minimum atomic E-state index is -0.362. The molecule has 2 rings (SSSR count). The quantitative estimate of drug-likeness (QED) is 0.567. The monoisotopic (exact) mass is 291 g/mol. The van der Waals surface area contributed by atoms with Crippen LogP contribution in [0.15, 0.2) is 24.3 Å². The van der Waals surface area contributed by atoms with Crippen molar-refractivity contribution >= 4 is 48.0 Å². The van der Waals surface area contributed by atoms with Gasteiger partial charge in [-0.25, -0.2) is 0 Å². The average molecular weight is 292 g/mol. The van der Waals surface area contributed by atoms with E-state index in [0.29, 0.717) is 18.5 Å². The number of nitrogen functional groups attached to an aromatic ring is 1. The second kappa shape index (κ2) is 7.08. The van der Waals surface area contributed by atoms with Gasteiger partial charge in [-0.3, -0.25) is 14.9 Å². The maximum Gasteiger partial charge on any atom is 0.249 e. The average Bonchev–Trinajstić information content (AvgIpc) is 2.22. The number of rotatable bonds is 2. The summed E-state index contributed by atoms with van der Waals surface area (Å²) in [5.74, 6) is -0.491. The van der Waals surface area contributed by atoms with Crippen molar-refractivity contribution in [2.24, 2.45) is 0 Å². The number of amides is 2. The van der Waals surface area contributed by atoms with Gasteiger partial charge < -0.3 is 11.1 Å². The maximum absolute atomic E-state index is 11.5. The van der Waals surface area contributed by atoms with Gasteiger partial charge in [0.05, 0.1) is 0 Å². The van der Waals surface area contributed by atoms with Crippen molar-refractivity contribution in [1.82, 2.24) is 5.32 Å². The van der Waals surface area contributed by atoms with Crippen molar-refractivity contribution in [2.45, 2.75) is 18.9 Å². The number of nitrogens with one attached hydrogen (secondary N) is 2. The normalized spacial score (nSPS) is 18.1. The predicted octanol–water partition coefficient (Wildman–Crippen LogP) is 1.33. The van der Waals surface area contributed by atoms with Crippen LogP contribution >= 0.6 is 24.8 Å². The van der Waals surface area contributed by atoms with E-state index in [4.69, 9.17) is 5.73 Å². The fourth-order valence-electron chi connectivity index (χ4n) is 1.66. The second-order valence-corrected chi connectivity index (χ2v) is 3.77. The molecule has 0 aromatic heterocycles. The molecule has 0 bridgehead atoms. The Kier molecular flexibility index (Phi) is 6.51. The van der Waals surface area contributed by atoms with Crippen LogP contribution in [0.5, 0.6) is 0 Å². The van der Waals surface area contributed by atoms with Crippen LogP contribution in [0.25, 0.3) is 0 Å². The van der Waals surface area contributed by atoms with Crippen LogP contribution < -0.4 is 16.4 Å². The molecule has 1 saturated heterocycles. The molecule has 18 heavy (non-hydrogen) atoms. The summed E-state index contributed by atoms with van der Waals surface area (Å²) in [6, 6.07) is 6.81. The Morgan fingerprint density at radius 3 is 2.61 bits per heavy atom. The number of imide groups is 1. The molecule has 1 heterocycles. The number of nitrogens with two attached hydrogens (primary N) is 1. The Morgan fingerprint density at radius 1 is 1.28 bits per heavy atom. The molecule has 1 atom stereocenters. The van der Waals surface area contributed by atoms with Crippen LogP contribution in [-0.4, -0.2) is 17.9 Å². The Labute approximate surface area is 117 Å². The van der Waals surface area contributed by atoms with Gasteiger partial charge in [0.2, 0.25) is 11.8 Å². The summed E-state index contributed by atoms with van der Waals surface area (Å²) in [7, 11) is 0. The smallest absolute Gasteiger partial charge is 0.249 e. The first kappa shape index (κ1) is 16.5. The summed E-state index contributed by atoms with van der Waals surface area (Å²) in [5.41, 5.74) is 7.05. The van der Waals surface area contributed by atoms with E-state index in [2.05, 4.69) is 10.6 Å². The van der Waals surface area contributed by atoms with E-state index in [1.54, 1.807) is 12.1 Å². The first-order valence-electron chi connectivity index (χ1n) is 5.11. The fourth-order valence-corrected chi connectivity index (χ4v) is 1.66. The lowest BCUT2D eigenvalue weighted by Gasteiger charge is -2.22. The SMILES string of the molecule is Cl.Cl.Nc1cccc(NC2CCC(=O)NC2=O)c1. The van der Waals surface area contributed by atoms with Gasteiger partial charge in [-0.1, -0.05) is 6.07 Å². The zero-order chi connectivity index (χ0) is 11.5. The fraction of sp³-hybridized carbons (Fsp3) is 0.273. The van der Waals surface area contributed by atoms with Gasteiger partial charge in [0.15, 0.2) is 0 Å². The van der Waals surface area contributed by atoms with Crippen LogP contribution in [0.2, 0.25) is 0 Å². The summed E-state index contributed by atoms with van der Waals surface area (Å²) >= 11 is 0. The number of hydrogen-bond acceptors (Lipinski definition) is 4. The van der Waals surface area contributed by atoms with E-state index in [1.807, 2.05) is 12.1 Å². The number of carbonyl (C=O) groups is 2. The molecule has 1 aromatic rings. The molecule has 1 aromatic carbocycles. The van der Waals surface area contributed by atoms with Crippen LogP contribution in [0.3, 0.4) is 0 Å². The van der Waals surface area contributed by atoms with Crippen molar-refractivity contribution in [3.8, 4) is 0 Å². The Balaban J connectivity index is 0.00000144. The van der Waals surface area contributed by atoms with E-state index in [9.17, 15) is 9.59 Å². The van der Waals surface area contributed by atoms with Crippen molar-refractivity contribution in [3.05, 3.63) is 24.3 Å². The van der Waals surface area contributed by atoms with E-state index >= 15 is 0 Å². The van der Waals surface area contributed by atoms with Gasteiger partial charge in [-0.2, -0.15) is 0 Å². The number of halogens is 2. The van der Waals surface area contributed by atoms with Gasteiger partial charge in [-0.05, 0) is 24.6 Å². The lowest BCUT2D eigenvalue weighted by atomic mass is 10.1. The molecule has 5 nitrogen and oxygen atoms in total. The molecule has 0 saturated carbocycles. The van der Waals surface area contributed by atoms with E-state index < -0.39 is 0 Å². The van der Waals surface area contributed by atoms with E-state index in [0.717, 1.165) is 5.69 Å². The number of carbonyl (C=O) groups excluding carboxylic acids is 2. The van der Waals surface area contributed by atoms with Crippen LogP contribution in [0.1, 0.15) is 12.8 Å².